The summed E-state index contributed by atoms with van der Waals surface area (Å²) in [7, 11) is -2.74. The third-order valence-electron chi connectivity index (χ3n) is 1.47. The van der Waals surface area contributed by atoms with E-state index in [0.29, 0.717) is 4.31 Å². The Labute approximate surface area is 95.6 Å². The smallest absolute Gasteiger partial charge is 0.346 e. The fraction of sp³-hybridized carbons (Fsp3) is 0.833. The van der Waals surface area contributed by atoms with Crippen molar-refractivity contribution in [2.24, 2.45) is 0 Å². The fourth-order valence-corrected chi connectivity index (χ4v) is 1.62. The lowest BCUT2D eigenvalue weighted by Crippen LogP contribution is -2.41. The second kappa shape index (κ2) is 5.69. The zero-order chi connectivity index (χ0) is 13.0. The quantitative estimate of drug-likeness (QED) is 0.729. The fourth-order valence-electron chi connectivity index (χ4n) is 0.639. The number of amides is 1. The van der Waals surface area contributed by atoms with Crippen molar-refractivity contribution in [2.45, 2.75) is 6.18 Å². The number of nitrogens with zero attached hydrogens (tertiary/aromatic N) is 1. The second-order valence-electron chi connectivity index (χ2n) is 2.87. The Hall–Kier alpha value is -0.540. The third kappa shape index (κ3) is 6.13. The van der Waals surface area contributed by atoms with Crippen LogP contribution in [0.5, 0.6) is 0 Å². The minimum Gasteiger partial charge on any atom is -0.346 e. The Balaban J connectivity index is 4.17. The molecule has 0 radical (unpaired) electrons. The molecule has 10 heteroatoms. The first-order chi connectivity index (χ1) is 7.08. The maximum Gasteiger partial charge on any atom is 0.405 e. The SMILES string of the molecule is CN(CC(=O)NCC(F)(F)F)S(=O)(=O)CCl. The first kappa shape index (κ1) is 15.5. The summed E-state index contributed by atoms with van der Waals surface area (Å²) in [5.74, 6) is -1.05. The van der Waals surface area contributed by atoms with Crippen LogP contribution >= 0.6 is 11.6 Å². The highest BCUT2D eigenvalue weighted by molar-refractivity contribution is 7.90. The van der Waals surface area contributed by atoms with Gasteiger partial charge in [-0.1, -0.05) is 0 Å². The molecule has 0 bridgehead atoms. The van der Waals surface area contributed by atoms with Gasteiger partial charge in [-0.05, 0) is 0 Å². The number of nitrogens with one attached hydrogen (secondary N) is 1. The minimum atomic E-state index is -4.53. The van der Waals surface area contributed by atoms with E-state index in [4.69, 9.17) is 11.6 Å². The van der Waals surface area contributed by atoms with Crippen molar-refractivity contribution < 1.29 is 26.4 Å². The molecule has 96 valence electrons. The Morgan fingerprint density at radius 2 is 1.94 bits per heavy atom. The topological polar surface area (TPSA) is 66.5 Å². The van der Waals surface area contributed by atoms with Gasteiger partial charge in [0.05, 0.1) is 6.54 Å². The van der Waals surface area contributed by atoms with E-state index in [0.717, 1.165) is 7.05 Å². The van der Waals surface area contributed by atoms with Crippen LogP contribution in [0.3, 0.4) is 0 Å². The monoisotopic (exact) mass is 282 g/mol. The number of carbonyl (C=O) groups excluding carboxylic acids is 1. The summed E-state index contributed by atoms with van der Waals surface area (Å²) >= 11 is 5.08. The normalized spacial score (nSPS) is 12.9. The van der Waals surface area contributed by atoms with E-state index in [1.165, 1.54) is 5.32 Å². The zero-order valence-corrected chi connectivity index (χ0v) is 9.79. The van der Waals surface area contributed by atoms with Gasteiger partial charge in [0.15, 0.2) is 0 Å². The number of alkyl halides is 4. The Kier molecular flexibility index (Phi) is 5.50. The lowest BCUT2D eigenvalue weighted by molar-refractivity contribution is -0.138. The average molecular weight is 283 g/mol. The van der Waals surface area contributed by atoms with Gasteiger partial charge in [0.1, 0.15) is 11.8 Å². The van der Waals surface area contributed by atoms with E-state index in [-0.39, 0.29) is 0 Å². The lowest BCUT2D eigenvalue weighted by Gasteiger charge is -2.15. The van der Waals surface area contributed by atoms with Crippen LogP contribution in [-0.4, -0.2) is 50.2 Å². The summed E-state index contributed by atoms with van der Waals surface area (Å²) in [6.45, 7) is -2.20. The highest BCUT2D eigenvalue weighted by Crippen LogP contribution is 2.12. The number of hydrogen-bond acceptors (Lipinski definition) is 3. The zero-order valence-electron chi connectivity index (χ0n) is 8.21. The standard InChI is InChI=1S/C6H10ClF3N2O3S/c1-12(16(14,15)4-7)2-5(13)11-3-6(8,9)10/h2-4H2,1H3,(H,11,13). The van der Waals surface area contributed by atoms with Gasteiger partial charge in [-0.2, -0.15) is 17.5 Å². The molecular weight excluding hydrogens is 273 g/mol. The molecule has 0 aromatic rings. The largest absolute Gasteiger partial charge is 0.405 e. The maximum atomic E-state index is 11.7. The molecule has 1 amide bonds. The summed E-state index contributed by atoms with van der Waals surface area (Å²) in [6.07, 6.45) is -4.53. The van der Waals surface area contributed by atoms with E-state index in [2.05, 4.69) is 0 Å². The van der Waals surface area contributed by atoms with E-state index in [1.807, 2.05) is 0 Å². The minimum absolute atomic E-state index is 0.575. The number of hydrogen-bond donors (Lipinski definition) is 1. The van der Waals surface area contributed by atoms with E-state index in [1.54, 1.807) is 0 Å². The molecule has 1 N–H and O–H groups in total. The van der Waals surface area contributed by atoms with E-state index < -0.39 is 40.4 Å². The van der Waals surface area contributed by atoms with Crippen LogP contribution in [-0.2, 0) is 14.8 Å². The molecule has 0 heterocycles. The molecule has 0 fully saturated rings. The van der Waals surface area contributed by atoms with Crippen molar-refractivity contribution in [2.75, 3.05) is 25.3 Å². The molecule has 0 aliphatic carbocycles. The Morgan fingerprint density at radius 1 is 1.44 bits per heavy atom. The van der Waals surface area contributed by atoms with Gasteiger partial charge >= 0.3 is 6.18 Å². The van der Waals surface area contributed by atoms with Crippen LogP contribution in [0.1, 0.15) is 0 Å². The average Bonchev–Trinajstić information content (AvgIpc) is 2.13. The van der Waals surface area contributed by atoms with Crippen LogP contribution in [0.15, 0.2) is 0 Å². The summed E-state index contributed by atoms with van der Waals surface area (Å²) in [6, 6.07) is 0. The summed E-state index contributed by atoms with van der Waals surface area (Å²) in [4.78, 5) is 10.9. The molecule has 0 aromatic heterocycles. The lowest BCUT2D eigenvalue weighted by atomic mass is 10.5. The highest BCUT2D eigenvalue weighted by atomic mass is 35.5. The first-order valence-corrected chi connectivity index (χ1v) is 6.06. The van der Waals surface area contributed by atoms with Gasteiger partial charge in [-0.3, -0.25) is 4.79 Å². The highest BCUT2D eigenvalue weighted by Gasteiger charge is 2.28. The van der Waals surface area contributed by atoms with Crippen molar-refractivity contribution in [3.8, 4) is 0 Å². The molecule has 0 aliphatic heterocycles. The van der Waals surface area contributed by atoms with Gasteiger partial charge in [0, 0.05) is 7.05 Å². The molecule has 0 rings (SSSR count). The molecular formula is C6H10ClF3N2O3S. The van der Waals surface area contributed by atoms with Crippen molar-refractivity contribution in [1.29, 1.82) is 0 Å². The molecule has 0 aliphatic rings. The third-order valence-corrected chi connectivity index (χ3v) is 3.65. The number of likely N-dealkylation sites (N-methyl/N-ethyl adjacent to an activating group) is 1. The van der Waals surface area contributed by atoms with Gasteiger partial charge < -0.3 is 5.32 Å². The number of halogens is 4. The number of rotatable bonds is 5. The molecule has 5 nitrogen and oxygen atoms in total. The molecule has 0 atom stereocenters. The summed E-state index contributed by atoms with van der Waals surface area (Å²) in [5, 5.41) is 0.797. The van der Waals surface area contributed by atoms with Crippen LogP contribution in [0.2, 0.25) is 0 Å². The van der Waals surface area contributed by atoms with Crippen LogP contribution in [0, 0.1) is 0 Å². The van der Waals surface area contributed by atoms with Crippen LogP contribution in [0.25, 0.3) is 0 Å². The van der Waals surface area contributed by atoms with Crippen molar-refractivity contribution in [1.82, 2.24) is 9.62 Å². The predicted molar refractivity (Wildman–Crippen MR) is 51.3 cm³/mol. The van der Waals surface area contributed by atoms with Crippen molar-refractivity contribution in [3.05, 3.63) is 0 Å². The number of sulfonamides is 1. The molecule has 0 spiro atoms. The summed E-state index contributed by atoms with van der Waals surface area (Å²) in [5.41, 5.74) is 0. The Bertz CT molecular complexity index is 343. The van der Waals surface area contributed by atoms with Crippen LogP contribution < -0.4 is 5.32 Å². The maximum absolute atomic E-state index is 11.7. The van der Waals surface area contributed by atoms with E-state index in [9.17, 15) is 26.4 Å². The first-order valence-electron chi connectivity index (χ1n) is 3.92. The molecule has 0 saturated carbocycles. The van der Waals surface area contributed by atoms with Gasteiger partial charge in [0.2, 0.25) is 15.9 Å². The van der Waals surface area contributed by atoms with Crippen molar-refractivity contribution in [3.63, 3.8) is 0 Å². The molecule has 16 heavy (non-hydrogen) atoms. The second-order valence-corrected chi connectivity index (χ2v) is 5.53. The van der Waals surface area contributed by atoms with Crippen LogP contribution in [0.4, 0.5) is 13.2 Å². The summed E-state index contributed by atoms with van der Waals surface area (Å²) < 4.78 is 57.7. The Morgan fingerprint density at radius 3 is 2.31 bits per heavy atom. The molecule has 0 unspecified atom stereocenters. The van der Waals surface area contributed by atoms with Gasteiger partial charge in [-0.25, -0.2) is 8.42 Å². The predicted octanol–water partition coefficient (Wildman–Crippen LogP) is 0.123. The van der Waals surface area contributed by atoms with Gasteiger partial charge in [-0.15, -0.1) is 11.6 Å². The van der Waals surface area contributed by atoms with Gasteiger partial charge in [0.25, 0.3) is 0 Å². The molecule has 0 saturated heterocycles. The number of carbonyl (C=O) groups is 1. The molecule has 0 aromatic carbocycles. The van der Waals surface area contributed by atoms with E-state index >= 15 is 0 Å². The van der Waals surface area contributed by atoms with Crippen molar-refractivity contribution >= 4 is 27.5 Å².